The molecule has 0 aliphatic heterocycles. The Morgan fingerprint density at radius 2 is 1.94 bits per heavy atom. The predicted molar refractivity (Wildman–Crippen MR) is 123 cm³/mol. The van der Waals surface area contributed by atoms with Crippen LogP contribution >= 0.6 is 34.5 Å². The maximum Gasteiger partial charge on any atom is 0.352 e. The first kappa shape index (κ1) is 19.0. The molecule has 0 spiro atoms. The van der Waals surface area contributed by atoms with Gasteiger partial charge in [0.2, 0.25) is 0 Å². The molecule has 6 nitrogen and oxygen atoms in total. The van der Waals surface area contributed by atoms with Gasteiger partial charge in [-0.2, -0.15) is 4.52 Å². The molecule has 0 bridgehead atoms. The van der Waals surface area contributed by atoms with E-state index in [-0.39, 0.29) is 5.69 Å². The van der Waals surface area contributed by atoms with Crippen LogP contribution in [0.15, 0.2) is 47.5 Å². The van der Waals surface area contributed by atoms with Crippen LogP contribution in [0.1, 0.15) is 22.4 Å². The SMILES string of the molecule is O=c1n(Cc2ccc(Cl)cc2Cl)c2sc3c(c2c2nc(-c4ccncc4)nn12)CCC3. The van der Waals surface area contributed by atoms with Crippen molar-refractivity contribution in [1.29, 1.82) is 0 Å². The molecular formula is C22H15Cl2N5OS. The number of halogens is 2. The standard InChI is InChI=1S/C22H15Cl2N5OS/c23-14-5-4-13(16(24)10-14)11-28-21-18(15-2-1-3-17(15)31-21)20-26-19(27-29(20)22(28)30)12-6-8-25-9-7-12/h4-10H,1-3,11H2. The molecule has 5 aromatic rings. The highest BCUT2D eigenvalue weighted by atomic mass is 35.5. The zero-order valence-corrected chi connectivity index (χ0v) is 18.5. The summed E-state index contributed by atoms with van der Waals surface area (Å²) in [5.74, 6) is 0.515. The maximum absolute atomic E-state index is 13.5. The molecular weight excluding hydrogens is 453 g/mol. The van der Waals surface area contributed by atoms with E-state index < -0.39 is 0 Å². The van der Waals surface area contributed by atoms with Crippen molar-refractivity contribution in [3.8, 4) is 11.4 Å². The first-order chi connectivity index (χ1) is 15.1. The maximum atomic E-state index is 13.5. The molecule has 0 N–H and O–H groups in total. The fraction of sp³-hybridized carbons (Fsp3) is 0.182. The Bertz CT molecular complexity index is 1540. The Hall–Kier alpha value is -2.74. The Morgan fingerprint density at radius 1 is 1.10 bits per heavy atom. The summed E-state index contributed by atoms with van der Waals surface area (Å²) in [4.78, 5) is 24.6. The van der Waals surface area contributed by atoms with Crippen molar-refractivity contribution < 1.29 is 0 Å². The number of aryl methyl sites for hydroxylation is 2. The topological polar surface area (TPSA) is 65.1 Å². The molecule has 0 radical (unpaired) electrons. The smallest absolute Gasteiger partial charge is 0.278 e. The second-order valence-electron chi connectivity index (χ2n) is 7.55. The fourth-order valence-electron chi connectivity index (χ4n) is 4.20. The average molecular weight is 468 g/mol. The largest absolute Gasteiger partial charge is 0.352 e. The third-order valence-electron chi connectivity index (χ3n) is 5.67. The lowest BCUT2D eigenvalue weighted by molar-refractivity contribution is 0.720. The number of nitrogens with zero attached hydrogens (tertiary/aromatic N) is 5. The zero-order valence-electron chi connectivity index (χ0n) is 16.2. The highest BCUT2D eigenvalue weighted by Crippen LogP contribution is 2.39. The van der Waals surface area contributed by atoms with E-state index in [2.05, 4.69) is 10.1 Å². The van der Waals surface area contributed by atoms with Gasteiger partial charge in [-0.15, -0.1) is 16.4 Å². The van der Waals surface area contributed by atoms with Gasteiger partial charge in [0, 0.05) is 32.9 Å². The van der Waals surface area contributed by atoms with Crippen LogP contribution in [-0.4, -0.2) is 24.1 Å². The molecule has 0 atom stereocenters. The van der Waals surface area contributed by atoms with Gasteiger partial charge in [0.25, 0.3) is 0 Å². The predicted octanol–water partition coefficient (Wildman–Crippen LogP) is 5.01. The van der Waals surface area contributed by atoms with Gasteiger partial charge >= 0.3 is 5.69 Å². The lowest BCUT2D eigenvalue weighted by Gasteiger charge is -2.10. The Morgan fingerprint density at radius 3 is 2.74 bits per heavy atom. The summed E-state index contributed by atoms with van der Waals surface area (Å²) >= 11 is 14.2. The Kier molecular flexibility index (Phi) is 4.38. The molecule has 1 aliphatic rings. The quantitative estimate of drug-likeness (QED) is 0.373. The molecule has 0 unspecified atom stereocenters. The van der Waals surface area contributed by atoms with Crippen LogP contribution in [0.2, 0.25) is 10.0 Å². The third kappa shape index (κ3) is 2.99. The highest BCUT2D eigenvalue weighted by Gasteiger charge is 2.25. The van der Waals surface area contributed by atoms with Crippen LogP contribution in [-0.2, 0) is 19.4 Å². The van der Waals surface area contributed by atoms with E-state index >= 15 is 0 Å². The molecule has 6 rings (SSSR count). The van der Waals surface area contributed by atoms with E-state index in [1.165, 1.54) is 15.0 Å². The number of rotatable bonds is 3. The van der Waals surface area contributed by atoms with Crippen LogP contribution in [0.5, 0.6) is 0 Å². The zero-order chi connectivity index (χ0) is 21.1. The van der Waals surface area contributed by atoms with Gasteiger partial charge in [-0.1, -0.05) is 29.3 Å². The van der Waals surface area contributed by atoms with Crippen molar-refractivity contribution in [2.45, 2.75) is 25.8 Å². The molecule has 0 saturated carbocycles. The number of fused-ring (bicyclic) bond motifs is 5. The van der Waals surface area contributed by atoms with Gasteiger partial charge < -0.3 is 0 Å². The molecule has 0 fully saturated rings. The van der Waals surface area contributed by atoms with Crippen LogP contribution < -0.4 is 5.69 Å². The van der Waals surface area contributed by atoms with E-state index in [4.69, 9.17) is 28.2 Å². The summed E-state index contributed by atoms with van der Waals surface area (Å²) in [6.07, 6.45) is 6.53. The van der Waals surface area contributed by atoms with Gasteiger partial charge in [0.15, 0.2) is 11.5 Å². The molecule has 154 valence electrons. The lowest BCUT2D eigenvalue weighted by atomic mass is 10.2. The number of thiophene rings is 1. The van der Waals surface area contributed by atoms with E-state index in [1.54, 1.807) is 40.4 Å². The number of hydrogen-bond acceptors (Lipinski definition) is 5. The van der Waals surface area contributed by atoms with Gasteiger partial charge in [0.1, 0.15) is 4.83 Å². The van der Waals surface area contributed by atoms with Gasteiger partial charge in [-0.05, 0) is 54.7 Å². The van der Waals surface area contributed by atoms with Gasteiger partial charge in [-0.25, -0.2) is 9.78 Å². The summed E-state index contributed by atoms with van der Waals surface area (Å²) in [7, 11) is 0. The van der Waals surface area contributed by atoms with Gasteiger partial charge in [-0.3, -0.25) is 9.55 Å². The normalized spacial score (nSPS) is 13.4. The van der Waals surface area contributed by atoms with Crippen LogP contribution in [0.3, 0.4) is 0 Å². The monoisotopic (exact) mass is 467 g/mol. The Balaban J connectivity index is 1.64. The molecule has 31 heavy (non-hydrogen) atoms. The van der Waals surface area contributed by atoms with Crippen LogP contribution in [0.25, 0.3) is 27.3 Å². The van der Waals surface area contributed by atoms with E-state index in [1.807, 2.05) is 18.2 Å². The van der Waals surface area contributed by atoms with Gasteiger partial charge in [0.05, 0.1) is 11.9 Å². The van der Waals surface area contributed by atoms with E-state index in [0.29, 0.717) is 28.1 Å². The fourth-order valence-corrected chi connectivity index (χ4v) is 6.05. The van der Waals surface area contributed by atoms with Crippen molar-refractivity contribution in [3.63, 3.8) is 0 Å². The molecule has 4 aromatic heterocycles. The summed E-state index contributed by atoms with van der Waals surface area (Å²) in [6.45, 7) is 0.338. The lowest BCUT2D eigenvalue weighted by Crippen LogP contribution is -2.28. The number of benzene rings is 1. The summed E-state index contributed by atoms with van der Waals surface area (Å²) in [6, 6.07) is 9.03. The summed E-state index contributed by atoms with van der Waals surface area (Å²) < 4.78 is 3.18. The summed E-state index contributed by atoms with van der Waals surface area (Å²) in [5.41, 5.74) is 3.32. The van der Waals surface area contributed by atoms with Crippen molar-refractivity contribution >= 4 is 50.4 Å². The molecule has 0 amide bonds. The summed E-state index contributed by atoms with van der Waals surface area (Å²) in [5, 5.41) is 6.69. The minimum Gasteiger partial charge on any atom is -0.278 e. The minimum absolute atomic E-state index is 0.235. The molecule has 1 aliphatic carbocycles. The first-order valence-corrected chi connectivity index (χ1v) is 11.5. The second kappa shape index (κ2) is 7.15. The van der Waals surface area contributed by atoms with Crippen molar-refractivity contribution in [2.75, 3.05) is 0 Å². The van der Waals surface area contributed by atoms with Crippen LogP contribution in [0.4, 0.5) is 0 Å². The molecule has 4 heterocycles. The minimum atomic E-state index is -0.235. The molecule has 0 saturated heterocycles. The highest BCUT2D eigenvalue weighted by molar-refractivity contribution is 7.19. The van der Waals surface area contributed by atoms with Crippen molar-refractivity contribution in [3.05, 3.63) is 79.3 Å². The van der Waals surface area contributed by atoms with Crippen LogP contribution in [0, 0.1) is 0 Å². The van der Waals surface area contributed by atoms with Crippen molar-refractivity contribution in [1.82, 2.24) is 24.1 Å². The van der Waals surface area contributed by atoms with E-state index in [0.717, 1.165) is 40.6 Å². The molecule has 1 aromatic carbocycles. The van der Waals surface area contributed by atoms with E-state index in [9.17, 15) is 4.79 Å². The second-order valence-corrected chi connectivity index (χ2v) is 9.48. The third-order valence-corrected chi connectivity index (χ3v) is 7.57. The average Bonchev–Trinajstić information content (AvgIpc) is 3.47. The number of hydrogen-bond donors (Lipinski definition) is 0. The first-order valence-electron chi connectivity index (χ1n) is 9.88. The number of aromatic nitrogens is 5. The number of pyridine rings is 1. The Labute approximate surface area is 190 Å². The van der Waals surface area contributed by atoms with Crippen molar-refractivity contribution in [2.24, 2.45) is 0 Å². The molecule has 9 heteroatoms.